The zero-order valence-corrected chi connectivity index (χ0v) is 21.0. The number of ether oxygens (including phenoxy) is 1. The fourth-order valence-electron chi connectivity index (χ4n) is 5.68. The average Bonchev–Trinajstić information content (AvgIpc) is 3.48. The van der Waals surface area contributed by atoms with Gasteiger partial charge in [0.2, 0.25) is 0 Å². The number of aryl methyl sites for hydroxylation is 1. The zero-order chi connectivity index (χ0) is 24.3. The van der Waals surface area contributed by atoms with Gasteiger partial charge in [-0.2, -0.15) is 5.10 Å². The van der Waals surface area contributed by atoms with Gasteiger partial charge in [-0.3, -0.25) is 10.1 Å². The van der Waals surface area contributed by atoms with E-state index in [0.29, 0.717) is 25.2 Å². The summed E-state index contributed by atoms with van der Waals surface area (Å²) in [5, 5.41) is 21.6. The van der Waals surface area contributed by atoms with E-state index in [9.17, 15) is 0 Å². The van der Waals surface area contributed by atoms with Crippen LogP contribution in [-0.2, 0) is 23.6 Å². The predicted octanol–water partition coefficient (Wildman–Crippen LogP) is 4.34. The molecule has 7 rings (SSSR count). The van der Waals surface area contributed by atoms with E-state index in [1.807, 2.05) is 11.6 Å². The first-order chi connectivity index (χ1) is 17.6. The van der Waals surface area contributed by atoms with Gasteiger partial charge in [-0.15, -0.1) is 10.2 Å². The lowest BCUT2D eigenvalue weighted by atomic mass is 9.75. The molecule has 0 spiro atoms. The van der Waals surface area contributed by atoms with E-state index in [-0.39, 0.29) is 11.5 Å². The third-order valence-electron chi connectivity index (χ3n) is 8.41. The molecule has 3 aliphatic rings. The van der Waals surface area contributed by atoms with Gasteiger partial charge >= 0.3 is 0 Å². The van der Waals surface area contributed by atoms with Gasteiger partial charge in [-0.05, 0) is 50.3 Å². The molecule has 3 fully saturated rings. The molecule has 1 aliphatic heterocycles. The lowest BCUT2D eigenvalue weighted by molar-refractivity contribution is -0.0611. The first kappa shape index (κ1) is 22.1. The molecule has 4 aromatic rings. The number of H-pyrrole nitrogens is 1. The van der Waals surface area contributed by atoms with Crippen LogP contribution in [-0.4, -0.2) is 49.2 Å². The van der Waals surface area contributed by atoms with E-state index in [0.717, 1.165) is 34.7 Å². The zero-order valence-electron chi connectivity index (χ0n) is 21.0. The standard InChI is InChI=1S/C28H33N7O/c1-17(30-21-7-4-8-21)25-27-22(12-23(31-25)18-9-10-18)26(33-34-27)19-5-3-6-20(11-19)28(14-36-15-28)13-24-32-29-16-35(24)2/h3,5-6,11-12,16-18,21,30H,4,7-10,13-15H2,1-2H3,(H,33,34)/t17-/m1/s1. The highest BCUT2D eigenvalue weighted by Crippen LogP contribution is 2.43. The summed E-state index contributed by atoms with van der Waals surface area (Å²) in [5.41, 5.74) is 6.67. The van der Waals surface area contributed by atoms with Gasteiger partial charge in [-0.25, -0.2) is 0 Å². The van der Waals surface area contributed by atoms with Gasteiger partial charge in [0.1, 0.15) is 17.8 Å². The summed E-state index contributed by atoms with van der Waals surface area (Å²) in [7, 11) is 2.00. The molecule has 3 aromatic heterocycles. The van der Waals surface area contributed by atoms with Crippen LogP contribution in [0.1, 0.15) is 73.8 Å². The average molecular weight is 484 g/mol. The molecule has 0 amide bonds. The Hall–Kier alpha value is -3.10. The first-order valence-electron chi connectivity index (χ1n) is 13.3. The Bertz CT molecular complexity index is 1410. The smallest absolute Gasteiger partial charge is 0.133 e. The molecule has 1 atom stereocenters. The molecule has 2 saturated carbocycles. The molecule has 1 aromatic carbocycles. The molecule has 186 valence electrons. The van der Waals surface area contributed by atoms with Gasteiger partial charge in [-0.1, -0.05) is 24.6 Å². The van der Waals surface area contributed by atoms with Crippen molar-refractivity contribution in [3.63, 3.8) is 0 Å². The normalized spacial score (nSPS) is 20.3. The number of benzene rings is 1. The number of pyridine rings is 1. The minimum absolute atomic E-state index is 0.0873. The molecule has 0 radical (unpaired) electrons. The van der Waals surface area contributed by atoms with Crippen molar-refractivity contribution in [3.05, 3.63) is 59.4 Å². The van der Waals surface area contributed by atoms with Crippen LogP contribution in [0.15, 0.2) is 36.7 Å². The largest absolute Gasteiger partial charge is 0.379 e. The Labute approximate surface area is 210 Å². The summed E-state index contributed by atoms with van der Waals surface area (Å²) in [5.74, 6) is 1.56. The van der Waals surface area contributed by atoms with Crippen LogP contribution in [0.5, 0.6) is 0 Å². The maximum Gasteiger partial charge on any atom is 0.133 e. The van der Waals surface area contributed by atoms with E-state index < -0.39 is 0 Å². The number of hydrogen-bond donors (Lipinski definition) is 2. The van der Waals surface area contributed by atoms with E-state index >= 15 is 0 Å². The highest BCUT2D eigenvalue weighted by atomic mass is 16.5. The maximum atomic E-state index is 5.72. The highest BCUT2D eigenvalue weighted by Gasteiger charge is 2.42. The number of aromatic amines is 1. The monoisotopic (exact) mass is 483 g/mol. The summed E-state index contributed by atoms with van der Waals surface area (Å²) in [6.45, 7) is 3.62. The van der Waals surface area contributed by atoms with Crippen molar-refractivity contribution >= 4 is 10.9 Å². The Morgan fingerprint density at radius 2 is 2.06 bits per heavy atom. The predicted molar refractivity (Wildman–Crippen MR) is 138 cm³/mol. The van der Waals surface area contributed by atoms with Gasteiger partial charge in [0, 0.05) is 53.5 Å². The number of hydrogen-bond acceptors (Lipinski definition) is 6. The van der Waals surface area contributed by atoms with Crippen molar-refractivity contribution in [2.45, 2.75) is 68.9 Å². The lowest BCUT2D eigenvalue weighted by Gasteiger charge is -2.41. The minimum Gasteiger partial charge on any atom is -0.379 e. The third kappa shape index (κ3) is 3.74. The lowest BCUT2D eigenvalue weighted by Crippen LogP contribution is -2.49. The summed E-state index contributed by atoms with van der Waals surface area (Å²) in [4.78, 5) is 5.15. The second kappa shape index (κ2) is 8.49. The van der Waals surface area contributed by atoms with Crippen molar-refractivity contribution in [3.8, 4) is 11.3 Å². The van der Waals surface area contributed by atoms with Crippen LogP contribution >= 0.6 is 0 Å². The SMILES string of the molecule is C[C@@H](NC1CCC1)c1nc(C2CC2)cc2c(-c3cccc(C4(Cc5nncn5C)COC4)c3)n[nH]c12. The van der Waals surface area contributed by atoms with Gasteiger partial charge in [0.05, 0.1) is 24.4 Å². The summed E-state index contributed by atoms with van der Waals surface area (Å²) >= 11 is 0. The quantitative estimate of drug-likeness (QED) is 0.387. The minimum atomic E-state index is -0.0873. The maximum absolute atomic E-state index is 5.72. The summed E-state index contributed by atoms with van der Waals surface area (Å²) < 4.78 is 7.72. The second-order valence-corrected chi connectivity index (χ2v) is 11.1. The van der Waals surface area contributed by atoms with E-state index in [4.69, 9.17) is 14.8 Å². The highest BCUT2D eigenvalue weighted by molar-refractivity contribution is 5.94. The fraction of sp³-hybridized carbons (Fsp3) is 0.500. The van der Waals surface area contributed by atoms with Gasteiger partial charge in [0.25, 0.3) is 0 Å². The van der Waals surface area contributed by atoms with Crippen LogP contribution in [0, 0.1) is 0 Å². The van der Waals surface area contributed by atoms with Gasteiger partial charge < -0.3 is 14.6 Å². The summed E-state index contributed by atoms with van der Waals surface area (Å²) in [6.07, 6.45) is 8.87. The third-order valence-corrected chi connectivity index (χ3v) is 8.41. The van der Waals surface area contributed by atoms with Crippen LogP contribution in [0.4, 0.5) is 0 Å². The van der Waals surface area contributed by atoms with Crippen molar-refractivity contribution < 1.29 is 4.74 Å². The first-order valence-corrected chi connectivity index (χ1v) is 13.3. The van der Waals surface area contributed by atoms with Crippen LogP contribution in [0.3, 0.4) is 0 Å². The molecule has 8 heteroatoms. The van der Waals surface area contributed by atoms with Crippen molar-refractivity contribution in [2.24, 2.45) is 7.05 Å². The van der Waals surface area contributed by atoms with E-state index in [1.54, 1.807) is 6.33 Å². The topological polar surface area (TPSA) is 93.5 Å². The van der Waals surface area contributed by atoms with Crippen LogP contribution in [0.25, 0.3) is 22.2 Å². The molecule has 8 nitrogen and oxygen atoms in total. The molecule has 1 saturated heterocycles. The molecule has 2 N–H and O–H groups in total. The van der Waals surface area contributed by atoms with Crippen LogP contribution in [0.2, 0.25) is 0 Å². The van der Waals surface area contributed by atoms with Crippen molar-refractivity contribution in [1.82, 2.24) is 35.3 Å². The van der Waals surface area contributed by atoms with Crippen molar-refractivity contribution in [1.29, 1.82) is 0 Å². The molecular formula is C28H33N7O. The van der Waals surface area contributed by atoms with Crippen LogP contribution < -0.4 is 5.32 Å². The molecule has 2 aliphatic carbocycles. The Morgan fingerprint density at radius 1 is 1.19 bits per heavy atom. The number of fused-ring (bicyclic) bond motifs is 1. The Kier molecular flexibility index (Phi) is 5.22. The molecular weight excluding hydrogens is 450 g/mol. The van der Waals surface area contributed by atoms with E-state index in [2.05, 4.69) is 57.9 Å². The Morgan fingerprint density at radius 3 is 2.72 bits per heavy atom. The van der Waals surface area contributed by atoms with Crippen molar-refractivity contribution in [2.75, 3.05) is 13.2 Å². The number of nitrogens with one attached hydrogen (secondary N) is 2. The molecule has 0 unspecified atom stereocenters. The summed E-state index contributed by atoms with van der Waals surface area (Å²) in [6, 6.07) is 11.9. The second-order valence-electron chi connectivity index (χ2n) is 11.1. The molecule has 36 heavy (non-hydrogen) atoms. The number of aromatic nitrogens is 6. The van der Waals surface area contributed by atoms with Gasteiger partial charge in [0.15, 0.2) is 0 Å². The molecule has 0 bridgehead atoms. The Balaban J connectivity index is 1.27. The number of nitrogens with zero attached hydrogens (tertiary/aromatic N) is 5. The molecule has 4 heterocycles. The fourth-order valence-corrected chi connectivity index (χ4v) is 5.68. The number of rotatable bonds is 8. The van der Waals surface area contributed by atoms with E-state index in [1.165, 1.54) is 48.7 Å².